The molecule has 0 atom stereocenters. The van der Waals surface area contributed by atoms with Crippen molar-refractivity contribution in [2.75, 3.05) is 5.32 Å². The molecule has 9 nitrogen and oxygen atoms in total. The van der Waals surface area contributed by atoms with Crippen molar-refractivity contribution in [3.63, 3.8) is 0 Å². The van der Waals surface area contributed by atoms with Crippen molar-refractivity contribution in [2.24, 2.45) is 0 Å². The van der Waals surface area contributed by atoms with Gasteiger partial charge >= 0.3 is 12.5 Å². The molecule has 2 amide bonds. The van der Waals surface area contributed by atoms with Crippen LogP contribution in [0.15, 0.2) is 22.7 Å². The van der Waals surface area contributed by atoms with Crippen molar-refractivity contribution in [1.29, 1.82) is 0 Å². The fraction of sp³-hybridized carbons (Fsp3) is 0.250. The highest BCUT2D eigenvalue weighted by molar-refractivity contribution is 5.90. The molecule has 1 aromatic heterocycles. The fourth-order valence-corrected chi connectivity index (χ4v) is 1.71. The minimum Gasteiger partial charge on any atom is -0.337 e. The van der Waals surface area contributed by atoms with E-state index in [0.717, 1.165) is 0 Å². The first kappa shape index (κ1) is 16.3. The maximum atomic E-state index is 12.3. The van der Waals surface area contributed by atoms with Crippen molar-refractivity contribution in [3.8, 4) is 0 Å². The van der Waals surface area contributed by atoms with Gasteiger partial charge in [-0.1, -0.05) is 11.2 Å². The third kappa shape index (κ3) is 3.96. The Balaban J connectivity index is 1.97. The lowest BCUT2D eigenvalue weighted by Crippen LogP contribution is -2.28. The summed E-state index contributed by atoms with van der Waals surface area (Å²) in [5, 5.41) is 18.6. The van der Waals surface area contributed by atoms with Crippen LogP contribution in [0, 0.1) is 17.0 Å². The Labute approximate surface area is 127 Å². The summed E-state index contributed by atoms with van der Waals surface area (Å²) < 4.78 is 29.1. The Morgan fingerprint density at radius 3 is 2.83 bits per heavy atom. The summed E-state index contributed by atoms with van der Waals surface area (Å²) in [6, 6.07) is 3.52. The van der Waals surface area contributed by atoms with Gasteiger partial charge in [-0.25, -0.2) is 13.6 Å². The van der Waals surface area contributed by atoms with Crippen LogP contribution in [0.25, 0.3) is 0 Å². The molecular formula is C12H11F2N5O4. The van der Waals surface area contributed by atoms with E-state index in [0.29, 0.717) is 0 Å². The lowest BCUT2D eigenvalue weighted by atomic mass is 10.1. The molecule has 122 valence electrons. The molecule has 0 bridgehead atoms. The van der Waals surface area contributed by atoms with Crippen LogP contribution in [-0.4, -0.2) is 21.1 Å². The van der Waals surface area contributed by atoms with E-state index in [1.54, 1.807) is 0 Å². The first-order chi connectivity index (χ1) is 10.9. The maximum Gasteiger partial charge on any atom is 0.319 e. The highest BCUT2D eigenvalue weighted by Gasteiger charge is 2.17. The topological polar surface area (TPSA) is 123 Å². The van der Waals surface area contributed by atoms with Crippen LogP contribution < -0.4 is 10.6 Å². The Kier molecular flexibility index (Phi) is 4.79. The van der Waals surface area contributed by atoms with Gasteiger partial charge in [-0.05, 0) is 13.0 Å². The molecule has 1 aromatic carbocycles. The lowest BCUT2D eigenvalue weighted by Gasteiger charge is -2.08. The zero-order chi connectivity index (χ0) is 17.0. The number of amides is 2. The molecule has 0 aliphatic heterocycles. The van der Waals surface area contributed by atoms with E-state index < -0.39 is 23.2 Å². The van der Waals surface area contributed by atoms with E-state index in [4.69, 9.17) is 0 Å². The van der Waals surface area contributed by atoms with Gasteiger partial charge in [-0.2, -0.15) is 4.98 Å². The van der Waals surface area contributed by atoms with Gasteiger partial charge in [-0.3, -0.25) is 10.1 Å². The van der Waals surface area contributed by atoms with Crippen LogP contribution >= 0.6 is 0 Å². The number of nitro benzene ring substituents is 1. The lowest BCUT2D eigenvalue weighted by molar-refractivity contribution is -0.385. The molecule has 2 N–H and O–H groups in total. The fourth-order valence-electron chi connectivity index (χ4n) is 1.71. The Hall–Kier alpha value is -3.11. The number of anilines is 1. The second-order valence-corrected chi connectivity index (χ2v) is 4.36. The van der Waals surface area contributed by atoms with E-state index in [-0.39, 0.29) is 29.4 Å². The predicted molar refractivity (Wildman–Crippen MR) is 72.9 cm³/mol. The number of hydrogen-bond donors (Lipinski definition) is 2. The Morgan fingerprint density at radius 2 is 2.22 bits per heavy atom. The first-order valence-electron chi connectivity index (χ1n) is 6.28. The van der Waals surface area contributed by atoms with Crippen molar-refractivity contribution in [3.05, 3.63) is 45.6 Å². The Bertz CT molecular complexity index is 734. The van der Waals surface area contributed by atoms with Crippen molar-refractivity contribution in [1.82, 2.24) is 15.5 Å². The van der Waals surface area contributed by atoms with Gasteiger partial charge in [0.25, 0.3) is 5.69 Å². The summed E-state index contributed by atoms with van der Waals surface area (Å²) >= 11 is 0. The summed E-state index contributed by atoms with van der Waals surface area (Å²) in [7, 11) is 0. The molecule has 2 rings (SSSR count). The second kappa shape index (κ2) is 6.77. The van der Waals surface area contributed by atoms with Crippen molar-refractivity contribution < 1.29 is 23.0 Å². The summed E-state index contributed by atoms with van der Waals surface area (Å²) in [5.41, 5.74) is 0.391. The van der Waals surface area contributed by atoms with E-state index in [2.05, 4.69) is 25.3 Å². The average Bonchev–Trinajstić information content (AvgIpc) is 2.96. The molecule has 0 saturated heterocycles. The highest BCUT2D eigenvalue weighted by atomic mass is 19.3. The average molecular weight is 327 g/mol. The van der Waals surface area contributed by atoms with Crippen LogP contribution in [0.4, 0.5) is 25.0 Å². The highest BCUT2D eigenvalue weighted by Crippen LogP contribution is 2.24. The largest absolute Gasteiger partial charge is 0.337 e. The molecule has 0 saturated carbocycles. The molecule has 23 heavy (non-hydrogen) atoms. The molecule has 2 aromatic rings. The number of rotatable bonds is 5. The molecule has 11 heteroatoms. The second-order valence-electron chi connectivity index (χ2n) is 4.36. The van der Waals surface area contributed by atoms with Gasteiger partial charge < -0.3 is 15.2 Å². The molecule has 0 fully saturated rings. The number of carbonyl (C=O) groups is 1. The number of alkyl halides is 2. The van der Waals surface area contributed by atoms with Gasteiger partial charge in [-0.15, -0.1) is 0 Å². The number of benzene rings is 1. The number of halogens is 2. The van der Waals surface area contributed by atoms with Crippen LogP contribution in [0.5, 0.6) is 0 Å². The van der Waals surface area contributed by atoms with Crippen LogP contribution in [0.3, 0.4) is 0 Å². The first-order valence-corrected chi connectivity index (χ1v) is 6.28. The number of urea groups is 1. The molecule has 0 aliphatic rings. The molecule has 0 radical (unpaired) electrons. The number of nitrogens with zero attached hydrogens (tertiary/aromatic N) is 3. The zero-order valence-corrected chi connectivity index (χ0v) is 11.7. The van der Waals surface area contributed by atoms with Gasteiger partial charge in [0.1, 0.15) is 0 Å². The molecular weight excluding hydrogens is 316 g/mol. The molecule has 0 unspecified atom stereocenters. The van der Waals surface area contributed by atoms with E-state index in [1.165, 1.54) is 25.1 Å². The summed E-state index contributed by atoms with van der Waals surface area (Å²) in [4.78, 5) is 25.4. The molecule has 1 heterocycles. The minimum atomic E-state index is -2.87. The summed E-state index contributed by atoms with van der Waals surface area (Å²) in [6.07, 6.45) is -2.87. The van der Waals surface area contributed by atoms with Gasteiger partial charge in [0.05, 0.1) is 22.7 Å². The minimum absolute atomic E-state index is 0.138. The van der Waals surface area contributed by atoms with Gasteiger partial charge in [0.15, 0.2) is 0 Å². The summed E-state index contributed by atoms with van der Waals surface area (Å²) in [6.45, 7) is 1.22. The summed E-state index contributed by atoms with van der Waals surface area (Å²) in [5.74, 6) is -0.956. The van der Waals surface area contributed by atoms with E-state index in [9.17, 15) is 23.7 Å². The quantitative estimate of drug-likeness (QED) is 0.642. The maximum absolute atomic E-state index is 12.3. The molecule has 0 spiro atoms. The third-order valence-electron chi connectivity index (χ3n) is 2.83. The molecule has 0 aliphatic carbocycles. The number of hydrogen-bond acceptors (Lipinski definition) is 6. The van der Waals surface area contributed by atoms with Crippen molar-refractivity contribution in [2.45, 2.75) is 19.9 Å². The van der Waals surface area contributed by atoms with E-state index in [1.807, 2.05) is 0 Å². The number of nitrogens with one attached hydrogen (secondary N) is 2. The van der Waals surface area contributed by atoms with Gasteiger partial charge in [0.2, 0.25) is 11.7 Å². The SMILES string of the molecule is Cc1c(NC(=O)NCc2nc(C(F)F)no2)cccc1[N+](=O)[O-]. The zero-order valence-electron chi connectivity index (χ0n) is 11.7. The number of nitro groups is 1. The standard InChI is InChI=1S/C12H11F2N5O4/c1-6-7(3-2-4-8(6)19(21)22)16-12(20)15-5-9-17-11(10(13)14)18-23-9/h2-4,10H,5H2,1H3,(H2,15,16,20). The normalized spacial score (nSPS) is 10.6. The van der Waals surface area contributed by atoms with E-state index >= 15 is 0 Å². The third-order valence-corrected chi connectivity index (χ3v) is 2.83. The Morgan fingerprint density at radius 1 is 1.48 bits per heavy atom. The van der Waals surface area contributed by atoms with Crippen LogP contribution in [-0.2, 0) is 6.54 Å². The van der Waals surface area contributed by atoms with Crippen LogP contribution in [0.2, 0.25) is 0 Å². The van der Waals surface area contributed by atoms with Crippen molar-refractivity contribution >= 4 is 17.4 Å². The number of aromatic nitrogens is 2. The number of carbonyl (C=O) groups excluding carboxylic acids is 1. The van der Waals surface area contributed by atoms with Crippen LogP contribution in [0.1, 0.15) is 23.7 Å². The smallest absolute Gasteiger partial charge is 0.319 e. The van der Waals surface area contributed by atoms with Gasteiger partial charge in [0, 0.05) is 6.07 Å². The monoisotopic (exact) mass is 327 g/mol. The predicted octanol–water partition coefficient (Wildman–Crippen LogP) is 2.55.